The third-order valence-electron chi connectivity index (χ3n) is 3.94. The number of nitrogens with one attached hydrogen (secondary N) is 2. The summed E-state index contributed by atoms with van der Waals surface area (Å²) in [6.45, 7) is 4.47. The first-order valence-electron chi connectivity index (χ1n) is 6.80. The fraction of sp³-hybridized carbons (Fsp3) is 0.923. The Labute approximate surface area is 109 Å². The van der Waals surface area contributed by atoms with E-state index in [0.717, 1.165) is 25.0 Å². The number of guanidine groups is 1. The molecule has 0 aromatic carbocycles. The van der Waals surface area contributed by atoms with Gasteiger partial charge in [0.25, 0.3) is 0 Å². The van der Waals surface area contributed by atoms with Crippen LogP contribution in [0.25, 0.3) is 0 Å². The molecule has 1 atom stereocenters. The molecule has 1 saturated carbocycles. The van der Waals surface area contributed by atoms with E-state index in [1.165, 1.54) is 37.9 Å². The van der Waals surface area contributed by atoms with Crippen molar-refractivity contribution >= 4 is 17.7 Å². The molecule has 0 bridgehead atoms. The first kappa shape index (κ1) is 13.1. The summed E-state index contributed by atoms with van der Waals surface area (Å²) in [5, 5.41) is 6.92. The van der Waals surface area contributed by atoms with Gasteiger partial charge in [0.15, 0.2) is 5.96 Å². The molecule has 2 rings (SSSR count). The minimum atomic E-state index is 0.411. The van der Waals surface area contributed by atoms with Crippen LogP contribution in [0, 0.1) is 5.92 Å². The molecule has 0 amide bonds. The van der Waals surface area contributed by atoms with Crippen molar-refractivity contribution in [2.24, 2.45) is 10.9 Å². The van der Waals surface area contributed by atoms with E-state index in [1.807, 2.05) is 7.05 Å². The lowest BCUT2D eigenvalue weighted by Gasteiger charge is -2.28. The Kier molecular flexibility index (Phi) is 4.60. The number of nitrogens with zero attached hydrogens (tertiary/aromatic N) is 1. The Morgan fingerprint density at radius 1 is 1.35 bits per heavy atom. The molecule has 2 fully saturated rings. The van der Waals surface area contributed by atoms with Crippen molar-refractivity contribution in [1.82, 2.24) is 10.6 Å². The lowest BCUT2D eigenvalue weighted by atomic mass is 9.85. The zero-order chi connectivity index (χ0) is 12.1. The van der Waals surface area contributed by atoms with Crippen molar-refractivity contribution in [2.75, 3.05) is 25.9 Å². The third-order valence-corrected chi connectivity index (χ3v) is 5.47. The van der Waals surface area contributed by atoms with Crippen molar-refractivity contribution < 1.29 is 0 Å². The lowest BCUT2D eigenvalue weighted by Crippen LogP contribution is -2.45. The minimum absolute atomic E-state index is 0.411. The van der Waals surface area contributed by atoms with Gasteiger partial charge >= 0.3 is 0 Å². The number of hydrogen-bond donors (Lipinski definition) is 2. The molecule has 1 unspecified atom stereocenters. The molecule has 1 aliphatic carbocycles. The average molecular weight is 255 g/mol. The lowest BCUT2D eigenvalue weighted by molar-refractivity contribution is 0.314. The Balaban J connectivity index is 1.67. The van der Waals surface area contributed by atoms with E-state index in [1.54, 1.807) is 0 Å². The fourth-order valence-electron chi connectivity index (χ4n) is 2.41. The Hall–Kier alpha value is -0.380. The third kappa shape index (κ3) is 3.80. The molecule has 0 aromatic rings. The number of aliphatic imine (C=N–C) groups is 1. The number of hydrogen-bond acceptors (Lipinski definition) is 2. The van der Waals surface area contributed by atoms with E-state index in [2.05, 4.69) is 34.3 Å². The van der Waals surface area contributed by atoms with Crippen molar-refractivity contribution in [3.05, 3.63) is 0 Å². The normalized spacial score (nSPS) is 30.1. The molecule has 2 N–H and O–H groups in total. The first-order valence-corrected chi connectivity index (χ1v) is 7.79. The van der Waals surface area contributed by atoms with Crippen LogP contribution in [0.2, 0.25) is 0 Å². The summed E-state index contributed by atoms with van der Waals surface area (Å²) >= 11 is 2.09. The van der Waals surface area contributed by atoms with Crippen LogP contribution in [-0.2, 0) is 0 Å². The van der Waals surface area contributed by atoms with Crippen molar-refractivity contribution in [1.29, 1.82) is 0 Å². The smallest absolute Gasteiger partial charge is 0.191 e. The van der Waals surface area contributed by atoms with Crippen LogP contribution in [0.15, 0.2) is 4.99 Å². The van der Waals surface area contributed by atoms with Crippen LogP contribution in [0.5, 0.6) is 0 Å². The minimum Gasteiger partial charge on any atom is -0.356 e. The highest BCUT2D eigenvalue weighted by molar-refractivity contribution is 8.00. The van der Waals surface area contributed by atoms with Crippen LogP contribution in [-0.4, -0.2) is 36.6 Å². The van der Waals surface area contributed by atoms with Crippen LogP contribution < -0.4 is 10.6 Å². The largest absolute Gasteiger partial charge is 0.356 e. The van der Waals surface area contributed by atoms with Gasteiger partial charge in [-0.25, -0.2) is 0 Å². The molecule has 1 heterocycles. The summed E-state index contributed by atoms with van der Waals surface area (Å²) in [4.78, 5) is 4.30. The summed E-state index contributed by atoms with van der Waals surface area (Å²) in [6, 6.07) is 0. The monoisotopic (exact) mass is 255 g/mol. The van der Waals surface area contributed by atoms with Gasteiger partial charge in [0.05, 0.1) is 0 Å². The predicted octanol–water partition coefficient (Wildman–Crippen LogP) is 2.24. The van der Waals surface area contributed by atoms with E-state index in [-0.39, 0.29) is 0 Å². The van der Waals surface area contributed by atoms with Crippen LogP contribution in [0.4, 0.5) is 0 Å². The van der Waals surface area contributed by atoms with E-state index in [9.17, 15) is 0 Å². The summed E-state index contributed by atoms with van der Waals surface area (Å²) in [5.74, 6) is 3.17. The van der Waals surface area contributed by atoms with Gasteiger partial charge in [-0.05, 0) is 44.3 Å². The van der Waals surface area contributed by atoms with Gasteiger partial charge in [-0.2, -0.15) is 11.8 Å². The summed E-state index contributed by atoms with van der Waals surface area (Å²) in [7, 11) is 1.86. The Morgan fingerprint density at radius 3 is 2.71 bits per heavy atom. The highest BCUT2D eigenvalue weighted by Crippen LogP contribution is 2.36. The average Bonchev–Trinajstić information content (AvgIpc) is 2.68. The molecule has 17 heavy (non-hydrogen) atoms. The summed E-state index contributed by atoms with van der Waals surface area (Å²) < 4.78 is 0.411. The topological polar surface area (TPSA) is 36.4 Å². The maximum atomic E-state index is 4.30. The van der Waals surface area contributed by atoms with Crippen LogP contribution in [0.3, 0.4) is 0 Å². The quantitative estimate of drug-likeness (QED) is 0.597. The van der Waals surface area contributed by atoms with Gasteiger partial charge in [-0.1, -0.05) is 6.42 Å². The van der Waals surface area contributed by atoms with Gasteiger partial charge in [-0.15, -0.1) is 0 Å². The van der Waals surface area contributed by atoms with Gasteiger partial charge in [0, 0.05) is 24.9 Å². The molecule has 1 saturated heterocycles. The molecule has 4 heteroatoms. The van der Waals surface area contributed by atoms with Crippen LogP contribution >= 0.6 is 11.8 Å². The van der Waals surface area contributed by atoms with E-state index < -0.39 is 0 Å². The summed E-state index contributed by atoms with van der Waals surface area (Å²) in [6.07, 6.45) is 6.86. The maximum absolute atomic E-state index is 4.30. The summed E-state index contributed by atoms with van der Waals surface area (Å²) in [5.41, 5.74) is 0. The van der Waals surface area contributed by atoms with Gasteiger partial charge in [-0.3, -0.25) is 4.99 Å². The highest BCUT2D eigenvalue weighted by atomic mass is 32.2. The molecular formula is C13H25N3S. The van der Waals surface area contributed by atoms with Gasteiger partial charge in [0.1, 0.15) is 0 Å². The second-order valence-electron chi connectivity index (χ2n) is 5.51. The van der Waals surface area contributed by atoms with E-state index in [0.29, 0.717) is 4.75 Å². The molecule has 0 radical (unpaired) electrons. The molecule has 0 aromatic heterocycles. The van der Waals surface area contributed by atoms with Crippen molar-refractivity contribution in [2.45, 2.75) is 43.8 Å². The highest BCUT2D eigenvalue weighted by Gasteiger charge is 2.29. The fourth-order valence-corrected chi connectivity index (χ4v) is 3.65. The van der Waals surface area contributed by atoms with Gasteiger partial charge in [0.2, 0.25) is 0 Å². The molecular weight excluding hydrogens is 230 g/mol. The van der Waals surface area contributed by atoms with Gasteiger partial charge < -0.3 is 10.6 Å². The molecule has 1 aliphatic heterocycles. The second-order valence-corrected chi connectivity index (χ2v) is 7.19. The predicted molar refractivity (Wildman–Crippen MR) is 76.8 cm³/mol. The van der Waals surface area contributed by atoms with Crippen LogP contribution in [0.1, 0.15) is 39.0 Å². The second kappa shape index (κ2) is 5.98. The molecule has 3 nitrogen and oxygen atoms in total. The van der Waals surface area contributed by atoms with E-state index >= 15 is 0 Å². The van der Waals surface area contributed by atoms with Crippen molar-refractivity contribution in [3.63, 3.8) is 0 Å². The number of thioether (sulfide) groups is 1. The standard InChI is InChI=1S/C13H25N3S/c1-13(7-4-8-17-13)10-16-12(14-2)15-9-11-5-3-6-11/h11H,3-10H2,1-2H3,(H2,14,15,16). The Bertz CT molecular complexity index is 268. The SMILES string of the molecule is CN=C(NCC1CCC1)NCC1(C)CCCS1. The van der Waals surface area contributed by atoms with Crippen molar-refractivity contribution in [3.8, 4) is 0 Å². The molecule has 0 spiro atoms. The first-order chi connectivity index (χ1) is 8.22. The zero-order valence-electron chi connectivity index (χ0n) is 11.1. The maximum Gasteiger partial charge on any atom is 0.191 e. The Morgan fingerprint density at radius 2 is 2.18 bits per heavy atom. The molecule has 98 valence electrons. The number of rotatable bonds is 4. The van der Waals surface area contributed by atoms with E-state index in [4.69, 9.17) is 0 Å². The molecule has 2 aliphatic rings. The zero-order valence-corrected chi connectivity index (χ0v) is 11.9.